The first-order chi connectivity index (χ1) is 19.1. The molecular weight excluding hydrogens is 512 g/mol. The molecule has 0 spiro atoms. The highest BCUT2D eigenvalue weighted by molar-refractivity contribution is 6.30. The third-order valence-corrected chi connectivity index (χ3v) is 8.18. The maximum Gasteiger partial charge on any atom is 0.254 e. The monoisotopic (exact) mass is 542 g/mol. The number of para-hydroxylation sites is 1. The number of halogens is 1. The van der Waals surface area contributed by atoms with Crippen molar-refractivity contribution in [3.63, 3.8) is 0 Å². The number of H-pyrrole nitrogens is 1. The number of rotatable bonds is 6. The SMILES string of the molecule is COCCN1C(=O)c2ccccc2C(C(=O)N2CCN(c3cccc(Cl)c3)CC2)C1c1c[nH]c2ccccc12. The maximum absolute atomic E-state index is 14.5. The van der Waals surface area contributed by atoms with Gasteiger partial charge in [-0.25, -0.2) is 0 Å². The van der Waals surface area contributed by atoms with Gasteiger partial charge in [-0.15, -0.1) is 0 Å². The Bertz CT molecular complexity index is 1510. The number of benzene rings is 3. The highest BCUT2D eigenvalue weighted by Crippen LogP contribution is 2.45. The Morgan fingerprint density at radius 3 is 2.54 bits per heavy atom. The van der Waals surface area contributed by atoms with Gasteiger partial charge >= 0.3 is 0 Å². The molecule has 1 fully saturated rings. The number of hydrogen-bond acceptors (Lipinski definition) is 4. The van der Waals surface area contributed by atoms with Gasteiger partial charge in [-0.2, -0.15) is 0 Å². The summed E-state index contributed by atoms with van der Waals surface area (Å²) in [5.74, 6) is -0.571. The molecule has 3 heterocycles. The molecule has 0 saturated carbocycles. The van der Waals surface area contributed by atoms with Crippen molar-refractivity contribution in [1.29, 1.82) is 0 Å². The molecule has 0 aliphatic carbocycles. The van der Waals surface area contributed by atoms with Crippen molar-refractivity contribution in [3.05, 3.63) is 101 Å². The van der Waals surface area contributed by atoms with Gasteiger partial charge < -0.3 is 24.4 Å². The lowest BCUT2D eigenvalue weighted by Crippen LogP contribution is -2.53. The van der Waals surface area contributed by atoms with Gasteiger partial charge in [-0.3, -0.25) is 9.59 Å². The summed E-state index contributed by atoms with van der Waals surface area (Å²) in [4.78, 5) is 37.7. The second-order valence-corrected chi connectivity index (χ2v) is 10.5. The van der Waals surface area contributed by atoms with E-state index in [-0.39, 0.29) is 11.8 Å². The number of methoxy groups -OCH3 is 1. The van der Waals surface area contributed by atoms with Crippen LogP contribution in [0.5, 0.6) is 0 Å². The Hall–Kier alpha value is -3.81. The number of ether oxygens (including phenoxy) is 1. The first-order valence-corrected chi connectivity index (χ1v) is 13.7. The van der Waals surface area contributed by atoms with E-state index in [9.17, 15) is 9.59 Å². The Balaban J connectivity index is 1.38. The zero-order valence-electron chi connectivity index (χ0n) is 21.8. The van der Waals surface area contributed by atoms with E-state index in [0.29, 0.717) is 49.9 Å². The normalized spacial score (nSPS) is 19.4. The molecule has 8 heteroatoms. The van der Waals surface area contributed by atoms with Crippen molar-refractivity contribution in [2.45, 2.75) is 12.0 Å². The molecule has 39 heavy (non-hydrogen) atoms. The van der Waals surface area contributed by atoms with E-state index in [2.05, 4.69) is 9.88 Å². The summed E-state index contributed by atoms with van der Waals surface area (Å²) in [6.07, 6.45) is 1.95. The molecule has 1 saturated heterocycles. The third-order valence-electron chi connectivity index (χ3n) is 7.95. The van der Waals surface area contributed by atoms with Crippen molar-refractivity contribution >= 4 is 40.0 Å². The van der Waals surface area contributed by atoms with Crippen LogP contribution in [0.2, 0.25) is 5.02 Å². The number of fused-ring (bicyclic) bond motifs is 2. The van der Waals surface area contributed by atoms with E-state index in [0.717, 1.165) is 27.7 Å². The molecule has 0 radical (unpaired) electrons. The minimum atomic E-state index is -0.535. The third kappa shape index (κ3) is 4.66. The van der Waals surface area contributed by atoms with Gasteiger partial charge in [-0.05, 0) is 35.9 Å². The zero-order chi connectivity index (χ0) is 26.9. The lowest BCUT2D eigenvalue weighted by Gasteiger charge is -2.44. The number of nitrogens with zero attached hydrogens (tertiary/aromatic N) is 3. The molecule has 2 atom stereocenters. The molecule has 1 aromatic heterocycles. The summed E-state index contributed by atoms with van der Waals surface area (Å²) in [5.41, 5.74) is 4.35. The molecule has 4 aromatic rings. The van der Waals surface area contributed by atoms with Crippen LogP contribution in [0.15, 0.2) is 79.0 Å². The number of anilines is 1. The van der Waals surface area contributed by atoms with Gasteiger partial charge in [0.1, 0.15) is 0 Å². The molecule has 2 amide bonds. The van der Waals surface area contributed by atoms with Crippen LogP contribution in [0, 0.1) is 0 Å². The summed E-state index contributed by atoms with van der Waals surface area (Å²) in [6, 6.07) is 23.0. The Morgan fingerprint density at radius 2 is 1.74 bits per heavy atom. The van der Waals surface area contributed by atoms with E-state index < -0.39 is 12.0 Å². The van der Waals surface area contributed by atoms with Crippen LogP contribution in [-0.4, -0.2) is 73.0 Å². The standard InChI is InChI=1S/C31H31ClN4O3/c1-39-18-17-36-29(26-20-33-27-12-5-4-9-23(26)27)28(24-10-2-3-11-25(24)30(36)37)31(38)35-15-13-34(14-16-35)22-8-6-7-21(32)19-22/h2-12,19-20,28-29,33H,13-18H2,1H3. The minimum absolute atomic E-state index is 0.0402. The summed E-state index contributed by atoms with van der Waals surface area (Å²) in [7, 11) is 1.63. The van der Waals surface area contributed by atoms with Gasteiger partial charge in [0.25, 0.3) is 5.91 Å². The fourth-order valence-corrected chi connectivity index (χ4v) is 6.22. The molecular formula is C31H31ClN4O3. The van der Waals surface area contributed by atoms with Crippen LogP contribution in [-0.2, 0) is 9.53 Å². The number of carbonyl (C=O) groups is 2. The van der Waals surface area contributed by atoms with Gasteiger partial charge in [-0.1, -0.05) is 54.1 Å². The van der Waals surface area contributed by atoms with Crippen molar-refractivity contribution in [1.82, 2.24) is 14.8 Å². The molecule has 2 unspecified atom stereocenters. The lowest BCUT2D eigenvalue weighted by atomic mass is 9.78. The molecule has 2 aliphatic rings. The van der Waals surface area contributed by atoms with E-state index in [1.165, 1.54) is 0 Å². The Labute approximate surface area is 232 Å². The number of aromatic amines is 1. The fraction of sp³-hybridized carbons (Fsp3) is 0.290. The Kier molecular flexibility index (Phi) is 7.02. The van der Waals surface area contributed by atoms with Crippen LogP contribution >= 0.6 is 11.6 Å². The molecule has 200 valence electrons. The van der Waals surface area contributed by atoms with E-state index in [1.54, 1.807) is 7.11 Å². The van der Waals surface area contributed by atoms with Gasteiger partial charge in [0.15, 0.2) is 0 Å². The van der Waals surface area contributed by atoms with E-state index in [4.69, 9.17) is 16.3 Å². The van der Waals surface area contributed by atoms with E-state index in [1.807, 2.05) is 88.8 Å². The lowest BCUT2D eigenvalue weighted by molar-refractivity contribution is -0.135. The van der Waals surface area contributed by atoms with Crippen LogP contribution in [0.4, 0.5) is 5.69 Å². The van der Waals surface area contributed by atoms with Crippen molar-refractivity contribution in [3.8, 4) is 0 Å². The number of nitrogens with one attached hydrogen (secondary N) is 1. The first kappa shape index (κ1) is 25.5. The van der Waals surface area contributed by atoms with Gasteiger partial charge in [0.2, 0.25) is 5.91 Å². The van der Waals surface area contributed by atoms with Crippen LogP contribution in [0.1, 0.15) is 33.4 Å². The molecule has 6 rings (SSSR count). The average Bonchev–Trinajstić information content (AvgIpc) is 3.40. The molecule has 7 nitrogen and oxygen atoms in total. The predicted octanol–water partition coefficient (Wildman–Crippen LogP) is 5.10. The smallest absolute Gasteiger partial charge is 0.254 e. The predicted molar refractivity (Wildman–Crippen MR) is 153 cm³/mol. The average molecular weight is 543 g/mol. The number of carbonyl (C=O) groups excluding carboxylic acids is 2. The highest BCUT2D eigenvalue weighted by atomic mass is 35.5. The maximum atomic E-state index is 14.5. The molecule has 2 aliphatic heterocycles. The van der Waals surface area contributed by atoms with Crippen molar-refractivity contribution in [2.75, 3.05) is 51.3 Å². The fourth-order valence-electron chi connectivity index (χ4n) is 6.03. The molecule has 3 aromatic carbocycles. The zero-order valence-corrected chi connectivity index (χ0v) is 22.6. The van der Waals surface area contributed by atoms with Crippen LogP contribution < -0.4 is 4.90 Å². The number of piperazine rings is 1. The van der Waals surface area contributed by atoms with Crippen molar-refractivity contribution < 1.29 is 14.3 Å². The number of aromatic nitrogens is 1. The van der Waals surface area contributed by atoms with Crippen molar-refractivity contribution in [2.24, 2.45) is 0 Å². The quantitative estimate of drug-likeness (QED) is 0.368. The Morgan fingerprint density at radius 1 is 0.974 bits per heavy atom. The van der Waals surface area contributed by atoms with E-state index >= 15 is 0 Å². The second kappa shape index (κ2) is 10.8. The second-order valence-electron chi connectivity index (χ2n) is 10.1. The van der Waals surface area contributed by atoms with Gasteiger partial charge in [0.05, 0.1) is 18.6 Å². The van der Waals surface area contributed by atoms with Crippen LogP contribution in [0.3, 0.4) is 0 Å². The minimum Gasteiger partial charge on any atom is -0.383 e. The topological polar surface area (TPSA) is 68.9 Å². The number of amides is 2. The van der Waals surface area contributed by atoms with Crippen LogP contribution in [0.25, 0.3) is 10.9 Å². The summed E-state index contributed by atoms with van der Waals surface area (Å²) in [6.45, 7) is 3.38. The molecule has 0 bridgehead atoms. The summed E-state index contributed by atoms with van der Waals surface area (Å²) < 4.78 is 5.40. The van der Waals surface area contributed by atoms with Gasteiger partial charge in [0, 0.05) is 78.8 Å². The first-order valence-electron chi connectivity index (χ1n) is 13.3. The highest BCUT2D eigenvalue weighted by Gasteiger charge is 2.46. The summed E-state index contributed by atoms with van der Waals surface area (Å²) in [5, 5.41) is 1.72. The largest absolute Gasteiger partial charge is 0.383 e. The number of hydrogen-bond donors (Lipinski definition) is 1. The molecule has 1 N–H and O–H groups in total. The summed E-state index contributed by atoms with van der Waals surface area (Å²) >= 11 is 6.23.